The summed E-state index contributed by atoms with van der Waals surface area (Å²) in [4.78, 5) is 13.9. The van der Waals surface area contributed by atoms with Crippen LogP contribution in [-0.2, 0) is 0 Å². The first-order chi connectivity index (χ1) is 7.27. The average molecular weight is 242 g/mol. The highest BCUT2D eigenvalue weighted by molar-refractivity contribution is 7.99. The molecule has 0 N–H and O–H groups in total. The summed E-state index contributed by atoms with van der Waals surface area (Å²) in [5, 5.41) is 0.618. The molecule has 0 atom stereocenters. The van der Waals surface area contributed by atoms with Gasteiger partial charge in [-0.05, 0) is 18.2 Å². The summed E-state index contributed by atoms with van der Waals surface area (Å²) >= 11 is 7.75. The molecule has 2 rings (SSSR count). The van der Waals surface area contributed by atoms with E-state index in [-0.39, 0.29) is 5.91 Å². The van der Waals surface area contributed by atoms with E-state index in [9.17, 15) is 4.79 Å². The molecule has 15 heavy (non-hydrogen) atoms. The predicted molar refractivity (Wildman–Crippen MR) is 64.7 cm³/mol. The molecule has 1 aromatic carbocycles. The molecule has 1 heterocycles. The van der Waals surface area contributed by atoms with E-state index in [0.29, 0.717) is 10.6 Å². The fourth-order valence-electron chi connectivity index (χ4n) is 1.57. The number of rotatable bonds is 1. The van der Waals surface area contributed by atoms with Crippen molar-refractivity contribution in [1.29, 1.82) is 0 Å². The Morgan fingerprint density at radius 2 is 2.07 bits per heavy atom. The van der Waals surface area contributed by atoms with Gasteiger partial charge in [0, 0.05) is 35.2 Å². The zero-order chi connectivity index (χ0) is 10.7. The SMILES string of the molecule is O=C(c1cccc(Cl)c1)N1CCSCC1. The molecule has 1 saturated heterocycles. The van der Waals surface area contributed by atoms with Gasteiger partial charge in [0.05, 0.1) is 0 Å². The molecule has 1 aromatic rings. The summed E-state index contributed by atoms with van der Waals surface area (Å²) in [5.74, 6) is 2.16. The van der Waals surface area contributed by atoms with Crippen molar-refractivity contribution in [3.63, 3.8) is 0 Å². The molecular weight excluding hydrogens is 230 g/mol. The Bertz CT molecular complexity index is 363. The lowest BCUT2D eigenvalue weighted by Crippen LogP contribution is -2.37. The van der Waals surface area contributed by atoms with Crippen LogP contribution in [0.4, 0.5) is 0 Å². The number of carbonyl (C=O) groups is 1. The highest BCUT2D eigenvalue weighted by Gasteiger charge is 2.18. The molecule has 0 bridgehead atoms. The Morgan fingerprint density at radius 1 is 1.33 bits per heavy atom. The van der Waals surface area contributed by atoms with Gasteiger partial charge in [0.1, 0.15) is 0 Å². The minimum Gasteiger partial charge on any atom is -0.337 e. The molecule has 0 saturated carbocycles. The highest BCUT2D eigenvalue weighted by atomic mass is 35.5. The monoisotopic (exact) mass is 241 g/mol. The number of thioether (sulfide) groups is 1. The molecule has 1 aliphatic heterocycles. The molecule has 1 amide bonds. The van der Waals surface area contributed by atoms with Gasteiger partial charge in [0.2, 0.25) is 0 Å². The maximum atomic E-state index is 12.0. The molecule has 1 aliphatic rings. The standard InChI is InChI=1S/C11H12ClNOS/c12-10-3-1-2-9(8-10)11(14)13-4-6-15-7-5-13/h1-3,8H,4-7H2. The molecule has 0 spiro atoms. The first-order valence-corrected chi connectivity index (χ1v) is 6.43. The first-order valence-electron chi connectivity index (χ1n) is 4.90. The highest BCUT2D eigenvalue weighted by Crippen LogP contribution is 2.15. The van der Waals surface area contributed by atoms with E-state index in [1.165, 1.54) is 0 Å². The van der Waals surface area contributed by atoms with Gasteiger partial charge >= 0.3 is 0 Å². The minimum atomic E-state index is 0.0952. The van der Waals surface area contributed by atoms with Crippen molar-refractivity contribution in [2.75, 3.05) is 24.6 Å². The quantitative estimate of drug-likeness (QED) is 0.753. The van der Waals surface area contributed by atoms with Crippen LogP contribution in [0.5, 0.6) is 0 Å². The number of benzene rings is 1. The van der Waals surface area contributed by atoms with Crippen molar-refractivity contribution < 1.29 is 4.79 Å². The minimum absolute atomic E-state index is 0.0952. The van der Waals surface area contributed by atoms with Crippen molar-refractivity contribution in [2.45, 2.75) is 0 Å². The smallest absolute Gasteiger partial charge is 0.253 e. The third-order valence-electron chi connectivity index (χ3n) is 2.37. The maximum Gasteiger partial charge on any atom is 0.253 e. The molecule has 0 radical (unpaired) electrons. The van der Waals surface area contributed by atoms with Crippen LogP contribution in [0, 0.1) is 0 Å². The fraction of sp³-hybridized carbons (Fsp3) is 0.364. The number of carbonyl (C=O) groups excluding carboxylic acids is 1. The van der Waals surface area contributed by atoms with E-state index in [1.54, 1.807) is 12.1 Å². The molecule has 0 aliphatic carbocycles. The average Bonchev–Trinajstić information content (AvgIpc) is 2.29. The number of amides is 1. The molecule has 2 nitrogen and oxygen atoms in total. The van der Waals surface area contributed by atoms with Crippen molar-refractivity contribution in [1.82, 2.24) is 4.90 Å². The van der Waals surface area contributed by atoms with E-state index in [2.05, 4.69) is 0 Å². The summed E-state index contributed by atoms with van der Waals surface area (Å²) in [5.41, 5.74) is 0.689. The molecule has 0 aromatic heterocycles. The first kappa shape index (κ1) is 10.8. The van der Waals surface area contributed by atoms with Crippen LogP contribution in [0.15, 0.2) is 24.3 Å². The van der Waals surface area contributed by atoms with Crippen molar-refractivity contribution in [3.8, 4) is 0 Å². The van der Waals surface area contributed by atoms with Gasteiger partial charge in [-0.3, -0.25) is 4.79 Å². The van der Waals surface area contributed by atoms with E-state index >= 15 is 0 Å². The molecule has 1 fully saturated rings. The zero-order valence-corrected chi connectivity index (χ0v) is 9.85. The number of nitrogens with zero attached hydrogens (tertiary/aromatic N) is 1. The van der Waals surface area contributed by atoms with Crippen molar-refractivity contribution in [3.05, 3.63) is 34.9 Å². The van der Waals surface area contributed by atoms with Gasteiger partial charge in [-0.25, -0.2) is 0 Å². The van der Waals surface area contributed by atoms with Crippen LogP contribution in [0.1, 0.15) is 10.4 Å². The second-order valence-corrected chi connectivity index (χ2v) is 5.08. The van der Waals surface area contributed by atoms with Crippen LogP contribution in [0.25, 0.3) is 0 Å². The van der Waals surface area contributed by atoms with Crippen LogP contribution >= 0.6 is 23.4 Å². The second kappa shape index (κ2) is 4.90. The summed E-state index contributed by atoms with van der Waals surface area (Å²) in [7, 11) is 0. The Labute approximate surface area is 98.6 Å². The van der Waals surface area contributed by atoms with Crippen LogP contribution in [0.3, 0.4) is 0 Å². The van der Waals surface area contributed by atoms with Crippen molar-refractivity contribution in [2.24, 2.45) is 0 Å². The lowest BCUT2D eigenvalue weighted by atomic mass is 10.2. The summed E-state index contributed by atoms with van der Waals surface area (Å²) in [6.45, 7) is 1.69. The molecule has 80 valence electrons. The Balaban J connectivity index is 2.12. The lowest BCUT2D eigenvalue weighted by molar-refractivity contribution is 0.0772. The zero-order valence-electron chi connectivity index (χ0n) is 8.28. The Hall–Kier alpha value is -0.670. The largest absolute Gasteiger partial charge is 0.337 e. The van der Waals surface area contributed by atoms with Gasteiger partial charge in [0.25, 0.3) is 5.91 Å². The molecule has 4 heteroatoms. The normalized spacial score (nSPS) is 16.5. The van der Waals surface area contributed by atoms with Crippen LogP contribution in [-0.4, -0.2) is 35.4 Å². The van der Waals surface area contributed by atoms with Gasteiger partial charge in [-0.15, -0.1) is 0 Å². The van der Waals surface area contributed by atoms with Gasteiger partial charge < -0.3 is 4.90 Å². The van der Waals surface area contributed by atoms with Gasteiger partial charge in [-0.1, -0.05) is 17.7 Å². The van der Waals surface area contributed by atoms with E-state index < -0.39 is 0 Å². The van der Waals surface area contributed by atoms with Crippen LogP contribution < -0.4 is 0 Å². The van der Waals surface area contributed by atoms with Crippen molar-refractivity contribution >= 4 is 29.3 Å². The summed E-state index contributed by atoms with van der Waals surface area (Å²) in [6.07, 6.45) is 0. The van der Waals surface area contributed by atoms with E-state index in [1.807, 2.05) is 28.8 Å². The van der Waals surface area contributed by atoms with E-state index in [4.69, 9.17) is 11.6 Å². The Morgan fingerprint density at radius 3 is 2.73 bits per heavy atom. The third kappa shape index (κ3) is 2.67. The maximum absolute atomic E-state index is 12.0. The topological polar surface area (TPSA) is 20.3 Å². The Kier molecular flexibility index (Phi) is 3.54. The number of hydrogen-bond acceptors (Lipinski definition) is 2. The summed E-state index contributed by atoms with van der Waals surface area (Å²) < 4.78 is 0. The lowest BCUT2D eigenvalue weighted by Gasteiger charge is -2.26. The summed E-state index contributed by atoms with van der Waals surface area (Å²) in [6, 6.07) is 7.14. The number of halogens is 1. The fourth-order valence-corrected chi connectivity index (χ4v) is 2.66. The van der Waals surface area contributed by atoms with E-state index in [0.717, 1.165) is 24.6 Å². The molecular formula is C11H12ClNOS. The predicted octanol–water partition coefficient (Wildman–Crippen LogP) is 2.53. The number of hydrogen-bond donors (Lipinski definition) is 0. The van der Waals surface area contributed by atoms with Crippen LogP contribution in [0.2, 0.25) is 5.02 Å². The second-order valence-electron chi connectivity index (χ2n) is 3.41. The van der Waals surface area contributed by atoms with Gasteiger partial charge in [-0.2, -0.15) is 11.8 Å². The third-order valence-corrected chi connectivity index (χ3v) is 3.55. The molecule has 0 unspecified atom stereocenters. The van der Waals surface area contributed by atoms with Gasteiger partial charge in [0.15, 0.2) is 0 Å².